The number of carbonyl (C=O) groups is 1. The molecule has 62 heavy (non-hydrogen) atoms. The minimum Gasteiger partial charge on any atom is -0.443 e. The summed E-state index contributed by atoms with van der Waals surface area (Å²) in [6.07, 6.45) is 9.74. The Labute approximate surface area is 369 Å². The fraction of sp³-hybridized carbons (Fsp3) is 0.0811. The van der Waals surface area contributed by atoms with Crippen LogP contribution in [0.15, 0.2) is 93.5 Å². The smallest absolute Gasteiger partial charge is 0.394 e. The number of aromatic amines is 1. The van der Waals surface area contributed by atoms with Gasteiger partial charge in [-0.15, -0.1) is 10.2 Å². The molecule has 0 atom stereocenters. The summed E-state index contributed by atoms with van der Waals surface area (Å²) in [5, 5.41) is 25.1. The number of oxazole rings is 2. The van der Waals surface area contributed by atoms with Crippen LogP contribution in [0.2, 0.25) is 10.0 Å². The van der Waals surface area contributed by atoms with Gasteiger partial charge in [0, 0.05) is 40.7 Å². The first-order valence-electron chi connectivity index (χ1n) is 17.6. The first-order valence-corrected chi connectivity index (χ1v) is 20.9. The van der Waals surface area contributed by atoms with E-state index in [0.29, 0.717) is 56.1 Å². The molecule has 2 aromatic carbocycles. The maximum atomic E-state index is 12.4. The van der Waals surface area contributed by atoms with Crippen molar-refractivity contribution in [2.45, 2.75) is 20.4 Å². The second kappa shape index (κ2) is 18.9. The van der Waals surface area contributed by atoms with Gasteiger partial charge in [0.1, 0.15) is 28.9 Å². The Morgan fingerprint density at radius 2 is 1.56 bits per heavy atom. The van der Waals surface area contributed by atoms with Crippen LogP contribution in [0.1, 0.15) is 32.9 Å². The van der Waals surface area contributed by atoms with E-state index < -0.39 is 16.3 Å². The first-order chi connectivity index (χ1) is 29.7. The quantitative estimate of drug-likeness (QED) is 0.0464. The van der Waals surface area contributed by atoms with Crippen molar-refractivity contribution >= 4 is 102 Å². The minimum absolute atomic E-state index is 0.188. The van der Waals surface area contributed by atoms with E-state index in [0.717, 1.165) is 49.7 Å². The van der Waals surface area contributed by atoms with E-state index in [4.69, 9.17) is 61.8 Å². The second-order valence-corrected chi connectivity index (χ2v) is 15.7. The Hall–Kier alpha value is -6.73. The van der Waals surface area contributed by atoms with Crippen molar-refractivity contribution in [3.05, 3.63) is 118 Å². The molecule has 25 heteroatoms. The third kappa shape index (κ3) is 11.0. The normalized spacial score (nSPS) is 11.5. The van der Waals surface area contributed by atoms with Crippen LogP contribution in [-0.2, 0) is 16.9 Å². The standard InChI is InChI=1S/C19H15ClN6O2S.C18H12ClN7OS.H2O4S/c1-10-9-28-18(23-10)15-6-11(4-5-22-15)17(27)25-26-19(29)24-14-3-2-12-7-21-8-13(12)16(14)20;1-9-8-27-16(22-9)14-6-10(4-5-20-14)17-25-26-18(28-17)23-13-3-2-12-11(15(13)19)7-21-24-12;1-5(2,3)4/h2-6,8-9H,7H2,1H3,(H,25,27)(H2,24,26,29);2-8H,1H3,(H,21,24)(H,23,26);(H2,1,2,3,4). The van der Waals surface area contributed by atoms with Crippen LogP contribution < -0.4 is 21.5 Å². The van der Waals surface area contributed by atoms with Crippen molar-refractivity contribution in [1.82, 2.24) is 51.2 Å². The minimum atomic E-state index is -4.67. The van der Waals surface area contributed by atoms with Crippen LogP contribution >= 0.6 is 46.8 Å². The molecular formula is C37H29Cl2N13O7S3. The Balaban J connectivity index is 0.000000168. The molecule has 0 aliphatic carbocycles. The highest BCUT2D eigenvalue weighted by atomic mass is 35.5. The average molecular weight is 935 g/mol. The molecule has 0 unspecified atom stereocenters. The van der Waals surface area contributed by atoms with E-state index in [1.165, 1.54) is 23.8 Å². The highest BCUT2D eigenvalue weighted by Crippen LogP contribution is 2.35. The Kier molecular flexibility index (Phi) is 13.2. The number of amides is 1. The number of nitrogens with one attached hydrogen (secondary N) is 5. The summed E-state index contributed by atoms with van der Waals surface area (Å²) in [5.41, 5.74) is 13.2. The fourth-order valence-electron chi connectivity index (χ4n) is 5.48. The van der Waals surface area contributed by atoms with E-state index in [2.05, 4.69) is 66.8 Å². The number of hydrogen-bond donors (Lipinski definition) is 7. The lowest BCUT2D eigenvalue weighted by Crippen LogP contribution is -2.43. The number of fused-ring (bicyclic) bond motifs is 2. The molecule has 1 aliphatic heterocycles. The van der Waals surface area contributed by atoms with Gasteiger partial charge in [0.15, 0.2) is 5.11 Å². The summed E-state index contributed by atoms with van der Waals surface area (Å²) in [7, 11) is -4.67. The first kappa shape index (κ1) is 43.4. The topological polar surface area (TPSA) is 284 Å². The molecule has 0 fully saturated rings. The Bertz CT molecular complexity index is 3070. The van der Waals surface area contributed by atoms with Gasteiger partial charge in [-0.2, -0.15) is 13.5 Å². The van der Waals surface area contributed by atoms with Gasteiger partial charge in [-0.1, -0.05) is 40.6 Å². The van der Waals surface area contributed by atoms with Gasteiger partial charge in [-0.05, 0) is 74.1 Å². The van der Waals surface area contributed by atoms with E-state index in [9.17, 15) is 4.79 Å². The molecule has 8 aromatic rings. The molecule has 7 heterocycles. The molecule has 1 amide bonds. The van der Waals surface area contributed by atoms with Gasteiger partial charge in [-0.3, -0.25) is 44.8 Å². The summed E-state index contributed by atoms with van der Waals surface area (Å²) in [6.45, 7) is 4.29. The van der Waals surface area contributed by atoms with Gasteiger partial charge in [0.2, 0.25) is 16.9 Å². The van der Waals surface area contributed by atoms with E-state index in [1.54, 1.807) is 37.0 Å². The number of benzene rings is 2. The number of thiocarbonyl (C=S) groups is 1. The summed E-state index contributed by atoms with van der Waals surface area (Å²) < 4.78 is 42.3. The van der Waals surface area contributed by atoms with Gasteiger partial charge in [0.25, 0.3) is 5.91 Å². The SMILES string of the molecule is Cc1coc(-c2cc(-c3nnc(Nc4ccc5[nH]ncc5c4Cl)s3)ccn2)n1.Cc1coc(-c2cc(C(=O)NNC(=S)Nc3ccc4c(c3Cl)C=NC4)ccn2)n1.O=S(=O)(O)O. The number of halogens is 2. The predicted octanol–water partition coefficient (Wildman–Crippen LogP) is 7.45. The lowest BCUT2D eigenvalue weighted by atomic mass is 10.1. The van der Waals surface area contributed by atoms with Gasteiger partial charge in [0.05, 0.1) is 51.1 Å². The monoisotopic (exact) mass is 933 g/mol. The molecule has 0 radical (unpaired) electrons. The molecule has 20 nitrogen and oxygen atoms in total. The zero-order chi connectivity index (χ0) is 44.0. The van der Waals surface area contributed by atoms with Crippen molar-refractivity contribution in [1.29, 1.82) is 0 Å². The van der Waals surface area contributed by atoms with Gasteiger partial charge < -0.3 is 19.5 Å². The van der Waals surface area contributed by atoms with Gasteiger partial charge in [-0.25, -0.2) is 9.97 Å². The molecule has 0 saturated heterocycles. The van der Waals surface area contributed by atoms with E-state index in [-0.39, 0.29) is 5.11 Å². The summed E-state index contributed by atoms with van der Waals surface area (Å²) >= 11 is 19.5. The largest absolute Gasteiger partial charge is 0.443 e. The van der Waals surface area contributed by atoms with Crippen LogP contribution in [0.3, 0.4) is 0 Å². The maximum absolute atomic E-state index is 12.4. The average Bonchev–Trinajstić information content (AvgIpc) is 4.11. The van der Waals surface area contributed by atoms with Crippen LogP contribution in [0.25, 0.3) is 44.6 Å². The molecular weight excluding hydrogens is 906 g/mol. The van der Waals surface area contributed by atoms with Crippen LogP contribution in [0, 0.1) is 13.8 Å². The van der Waals surface area contributed by atoms with Crippen molar-refractivity contribution in [3.63, 3.8) is 0 Å². The third-order valence-corrected chi connectivity index (χ3v) is 10.1. The number of pyridine rings is 2. The number of rotatable bonds is 7. The number of anilines is 3. The van der Waals surface area contributed by atoms with Crippen LogP contribution in [-0.4, -0.2) is 75.1 Å². The number of carbonyl (C=O) groups excluding carboxylic acids is 1. The molecule has 0 saturated carbocycles. The third-order valence-electron chi connectivity index (χ3n) is 8.22. The zero-order valence-electron chi connectivity index (χ0n) is 31.8. The molecule has 1 aliphatic rings. The Morgan fingerprint density at radius 1 is 0.887 bits per heavy atom. The van der Waals surface area contributed by atoms with Crippen molar-refractivity contribution < 1.29 is 31.2 Å². The molecule has 6 aromatic heterocycles. The number of hydrogen-bond acceptors (Lipinski definition) is 16. The summed E-state index contributed by atoms with van der Waals surface area (Å²) in [5.74, 6) is 0.424. The molecule has 9 rings (SSSR count). The highest BCUT2D eigenvalue weighted by molar-refractivity contribution is 7.80. The fourth-order valence-corrected chi connectivity index (χ4v) is 6.93. The van der Waals surface area contributed by atoms with E-state index in [1.807, 2.05) is 50.2 Å². The van der Waals surface area contributed by atoms with Gasteiger partial charge >= 0.3 is 10.4 Å². The predicted molar refractivity (Wildman–Crippen MR) is 236 cm³/mol. The van der Waals surface area contributed by atoms with Crippen LogP contribution in [0.5, 0.6) is 0 Å². The molecule has 0 bridgehead atoms. The maximum Gasteiger partial charge on any atom is 0.394 e. The van der Waals surface area contributed by atoms with Crippen molar-refractivity contribution in [3.8, 4) is 33.7 Å². The number of aryl methyl sites for hydroxylation is 2. The van der Waals surface area contributed by atoms with E-state index >= 15 is 0 Å². The number of hydrazine groups is 1. The van der Waals surface area contributed by atoms with Crippen molar-refractivity contribution in [2.24, 2.45) is 4.99 Å². The molecule has 7 N–H and O–H groups in total. The number of nitrogens with zero attached hydrogens (tertiary/aromatic N) is 8. The number of aliphatic imine (C=N–C) groups is 1. The molecule has 316 valence electrons. The number of aromatic nitrogens is 8. The zero-order valence-corrected chi connectivity index (χ0v) is 35.7. The Morgan fingerprint density at radius 3 is 2.26 bits per heavy atom. The van der Waals surface area contributed by atoms with Crippen molar-refractivity contribution in [2.75, 3.05) is 10.6 Å². The highest BCUT2D eigenvalue weighted by Gasteiger charge is 2.17. The lowest BCUT2D eigenvalue weighted by Gasteiger charge is -2.14. The number of H-pyrrole nitrogens is 1. The lowest BCUT2D eigenvalue weighted by molar-refractivity contribution is 0.0944. The summed E-state index contributed by atoms with van der Waals surface area (Å²) in [4.78, 5) is 33.6. The summed E-state index contributed by atoms with van der Waals surface area (Å²) in [6, 6.07) is 14.4. The second-order valence-electron chi connectivity index (χ2n) is 12.7. The molecule has 0 spiro atoms. The van der Waals surface area contributed by atoms with Crippen LogP contribution in [0.4, 0.5) is 16.5 Å².